The van der Waals surface area contributed by atoms with Gasteiger partial charge in [0.1, 0.15) is 6.33 Å². The van der Waals surface area contributed by atoms with Crippen LogP contribution in [0.15, 0.2) is 12.5 Å². The van der Waals surface area contributed by atoms with Gasteiger partial charge in [-0.3, -0.25) is 9.69 Å². The molecule has 1 aromatic heterocycles. The SMILES string of the molecule is O=C(CN1Cc2cncnc2C1)N1CCCCC1. The molecule has 1 fully saturated rings. The van der Waals surface area contributed by atoms with Gasteiger partial charge in [-0.15, -0.1) is 0 Å². The monoisotopic (exact) mass is 246 g/mol. The van der Waals surface area contributed by atoms with Gasteiger partial charge in [-0.2, -0.15) is 0 Å². The number of amides is 1. The maximum Gasteiger partial charge on any atom is 0.236 e. The van der Waals surface area contributed by atoms with Crippen LogP contribution in [-0.4, -0.2) is 45.3 Å². The second-order valence-corrected chi connectivity index (χ2v) is 5.08. The molecular formula is C13H18N4O. The highest BCUT2D eigenvalue weighted by atomic mass is 16.2. The first-order chi connectivity index (χ1) is 8.83. The Kier molecular flexibility index (Phi) is 3.23. The summed E-state index contributed by atoms with van der Waals surface area (Å²) in [6, 6.07) is 0. The molecule has 0 aromatic carbocycles. The lowest BCUT2D eigenvalue weighted by Crippen LogP contribution is -2.41. The van der Waals surface area contributed by atoms with Crippen LogP contribution in [0.2, 0.25) is 0 Å². The van der Waals surface area contributed by atoms with Crippen molar-refractivity contribution in [3.05, 3.63) is 23.8 Å². The summed E-state index contributed by atoms with van der Waals surface area (Å²) in [5, 5.41) is 0. The zero-order chi connectivity index (χ0) is 12.4. The van der Waals surface area contributed by atoms with E-state index in [-0.39, 0.29) is 5.91 Å². The Morgan fingerprint density at radius 2 is 2.06 bits per heavy atom. The van der Waals surface area contributed by atoms with Crippen molar-refractivity contribution in [2.45, 2.75) is 32.4 Å². The first kappa shape index (κ1) is 11.6. The summed E-state index contributed by atoms with van der Waals surface area (Å²) in [5.74, 6) is 0.260. The largest absolute Gasteiger partial charge is 0.342 e. The zero-order valence-corrected chi connectivity index (χ0v) is 10.5. The van der Waals surface area contributed by atoms with Crippen molar-refractivity contribution in [3.63, 3.8) is 0 Å². The maximum absolute atomic E-state index is 12.2. The maximum atomic E-state index is 12.2. The number of carbonyl (C=O) groups is 1. The molecule has 2 aliphatic heterocycles. The van der Waals surface area contributed by atoms with Crippen LogP contribution in [0, 0.1) is 0 Å². The number of rotatable bonds is 2. The summed E-state index contributed by atoms with van der Waals surface area (Å²) >= 11 is 0. The van der Waals surface area contributed by atoms with Gasteiger partial charge in [0.15, 0.2) is 0 Å². The summed E-state index contributed by atoms with van der Waals surface area (Å²) < 4.78 is 0. The van der Waals surface area contributed by atoms with E-state index in [1.54, 1.807) is 6.33 Å². The number of hydrogen-bond acceptors (Lipinski definition) is 4. The van der Waals surface area contributed by atoms with E-state index in [1.807, 2.05) is 11.1 Å². The molecule has 0 N–H and O–H groups in total. The number of hydrogen-bond donors (Lipinski definition) is 0. The van der Waals surface area contributed by atoms with Crippen LogP contribution < -0.4 is 0 Å². The van der Waals surface area contributed by atoms with Crippen molar-refractivity contribution < 1.29 is 4.79 Å². The number of fused-ring (bicyclic) bond motifs is 1. The molecule has 0 spiro atoms. The van der Waals surface area contributed by atoms with Crippen molar-refractivity contribution >= 4 is 5.91 Å². The Morgan fingerprint density at radius 3 is 2.83 bits per heavy atom. The van der Waals surface area contributed by atoms with Crippen molar-refractivity contribution in [3.8, 4) is 0 Å². The van der Waals surface area contributed by atoms with Gasteiger partial charge in [0, 0.05) is 37.9 Å². The predicted octanol–water partition coefficient (Wildman–Crippen LogP) is 0.805. The molecule has 1 saturated heterocycles. The minimum Gasteiger partial charge on any atom is -0.342 e. The van der Waals surface area contributed by atoms with Gasteiger partial charge in [0.05, 0.1) is 12.2 Å². The summed E-state index contributed by atoms with van der Waals surface area (Å²) in [6.45, 7) is 3.95. The summed E-state index contributed by atoms with van der Waals surface area (Å²) in [4.78, 5) is 24.6. The quantitative estimate of drug-likeness (QED) is 0.774. The molecule has 5 heteroatoms. The third-order valence-corrected chi connectivity index (χ3v) is 3.72. The molecule has 0 atom stereocenters. The summed E-state index contributed by atoms with van der Waals surface area (Å²) in [6.07, 6.45) is 6.99. The topological polar surface area (TPSA) is 49.3 Å². The molecule has 2 aliphatic rings. The third-order valence-electron chi connectivity index (χ3n) is 3.72. The fourth-order valence-corrected chi connectivity index (χ4v) is 2.71. The van der Waals surface area contributed by atoms with Gasteiger partial charge in [-0.25, -0.2) is 9.97 Å². The second kappa shape index (κ2) is 5.02. The summed E-state index contributed by atoms with van der Waals surface area (Å²) in [5.41, 5.74) is 2.22. The highest BCUT2D eigenvalue weighted by Gasteiger charge is 2.24. The molecule has 0 radical (unpaired) electrons. The average Bonchev–Trinajstić information content (AvgIpc) is 2.82. The molecule has 3 rings (SSSR count). The van der Waals surface area contributed by atoms with Gasteiger partial charge in [-0.05, 0) is 19.3 Å². The minimum absolute atomic E-state index is 0.260. The van der Waals surface area contributed by atoms with Crippen LogP contribution in [0.1, 0.15) is 30.5 Å². The lowest BCUT2D eigenvalue weighted by molar-refractivity contribution is -0.133. The van der Waals surface area contributed by atoms with E-state index in [9.17, 15) is 4.79 Å². The fraction of sp³-hybridized carbons (Fsp3) is 0.615. The number of aromatic nitrogens is 2. The molecule has 0 aliphatic carbocycles. The highest BCUT2D eigenvalue weighted by Crippen LogP contribution is 2.19. The Labute approximate surface area is 107 Å². The lowest BCUT2D eigenvalue weighted by atomic mass is 10.1. The van der Waals surface area contributed by atoms with Gasteiger partial charge >= 0.3 is 0 Å². The second-order valence-electron chi connectivity index (χ2n) is 5.08. The molecule has 3 heterocycles. The molecule has 1 aromatic rings. The van der Waals surface area contributed by atoms with Crippen LogP contribution in [0.4, 0.5) is 0 Å². The van der Waals surface area contributed by atoms with E-state index < -0.39 is 0 Å². The molecule has 18 heavy (non-hydrogen) atoms. The Bertz CT molecular complexity index is 417. The van der Waals surface area contributed by atoms with Gasteiger partial charge in [0.2, 0.25) is 5.91 Å². The van der Waals surface area contributed by atoms with Crippen molar-refractivity contribution in [2.75, 3.05) is 19.6 Å². The van der Waals surface area contributed by atoms with E-state index in [0.717, 1.165) is 50.3 Å². The van der Waals surface area contributed by atoms with E-state index in [4.69, 9.17) is 0 Å². The van der Waals surface area contributed by atoms with Crippen LogP contribution >= 0.6 is 0 Å². The van der Waals surface area contributed by atoms with E-state index in [0.29, 0.717) is 6.54 Å². The van der Waals surface area contributed by atoms with Crippen LogP contribution in [0.5, 0.6) is 0 Å². The molecule has 1 amide bonds. The first-order valence-corrected chi connectivity index (χ1v) is 6.61. The zero-order valence-electron chi connectivity index (χ0n) is 10.5. The van der Waals surface area contributed by atoms with Gasteiger partial charge in [0.25, 0.3) is 0 Å². The molecule has 0 unspecified atom stereocenters. The van der Waals surface area contributed by atoms with Crippen LogP contribution in [-0.2, 0) is 17.9 Å². The number of piperidine rings is 1. The van der Waals surface area contributed by atoms with E-state index >= 15 is 0 Å². The average molecular weight is 246 g/mol. The smallest absolute Gasteiger partial charge is 0.236 e. The van der Waals surface area contributed by atoms with E-state index in [1.165, 1.54) is 6.42 Å². The lowest BCUT2D eigenvalue weighted by Gasteiger charge is -2.28. The Morgan fingerprint density at radius 1 is 1.22 bits per heavy atom. The van der Waals surface area contributed by atoms with Crippen molar-refractivity contribution in [2.24, 2.45) is 0 Å². The van der Waals surface area contributed by atoms with Crippen molar-refractivity contribution in [1.82, 2.24) is 19.8 Å². The first-order valence-electron chi connectivity index (χ1n) is 6.61. The number of likely N-dealkylation sites (tertiary alicyclic amines) is 1. The highest BCUT2D eigenvalue weighted by molar-refractivity contribution is 5.78. The normalized spacial score (nSPS) is 19.9. The summed E-state index contributed by atoms with van der Waals surface area (Å²) in [7, 11) is 0. The van der Waals surface area contributed by atoms with Crippen molar-refractivity contribution in [1.29, 1.82) is 0 Å². The molecule has 5 nitrogen and oxygen atoms in total. The molecule has 96 valence electrons. The van der Waals surface area contributed by atoms with E-state index in [2.05, 4.69) is 14.9 Å². The number of nitrogens with zero attached hydrogens (tertiary/aromatic N) is 4. The minimum atomic E-state index is 0.260. The predicted molar refractivity (Wildman–Crippen MR) is 66.6 cm³/mol. The third kappa shape index (κ3) is 2.36. The standard InChI is InChI=1S/C13H18N4O/c18-13(17-4-2-1-3-5-17)9-16-7-11-6-14-10-15-12(11)8-16/h6,10H,1-5,7-9H2. The van der Waals surface area contributed by atoms with Crippen LogP contribution in [0.25, 0.3) is 0 Å². The molecular weight excluding hydrogens is 228 g/mol. The molecule has 0 saturated carbocycles. The Balaban J connectivity index is 1.57. The van der Waals surface area contributed by atoms with Gasteiger partial charge in [-0.1, -0.05) is 0 Å². The van der Waals surface area contributed by atoms with Crippen LogP contribution in [0.3, 0.4) is 0 Å². The van der Waals surface area contributed by atoms with Gasteiger partial charge < -0.3 is 4.90 Å². The molecule has 0 bridgehead atoms. The fourth-order valence-electron chi connectivity index (χ4n) is 2.71. The number of carbonyl (C=O) groups excluding carboxylic acids is 1. The Hall–Kier alpha value is -1.49.